The number of hydrogen-bond acceptors (Lipinski definition) is 7. The maximum atomic E-state index is 5.78. The van der Waals surface area contributed by atoms with E-state index >= 15 is 0 Å². The lowest BCUT2D eigenvalue weighted by atomic mass is 10.1. The van der Waals surface area contributed by atoms with Crippen molar-refractivity contribution in [2.24, 2.45) is 0 Å². The first-order valence-electron chi connectivity index (χ1n) is 7.38. The Hall–Kier alpha value is -1.63. The molecule has 2 rings (SSSR count). The normalized spacial score (nSPS) is 15.7. The second-order valence-electron chi connectivity index (χ2n) is 5.19. The topological polar surface area (TPSA) is 83.2 Å². The van der Waals surface area contributed by atoms with E-state index in [-0.39, 0.29) is 5.95 Å². The molecular weight excluding hydrogens is 254 g/mol. The summed E-state index contributed by atoms with van der Waals surface area (Å²) in [4.78, 5) is 17.3. The zero-order valence-electron chi connectivity index (χ0n) is 12.5. The van der Waals surface area contributed by atoms with Gasteiger partial charge in [-0.1, -0.05) is 6.92 Å². The predicted molar refractivity (Wildman–Crippen MR) is 82.0 cm³/mol. The highest BCUT2D eigenvalue weighted by molar-refractivity contribution is 5.42. The average Bonchev–Trinajstić information content (AvgIpc) is 2.47. The summed E-state index contributed by atoms with van der Waals surface area (Å²) in [5.74, 6) is 1.55. The lowest BCUT2D eigenvalue weighted by Gasteiger charge is -2.26. The van der Waals surface area contributed by atoms with Gasteiger partial charge in [0.2, 0.25) is 17.8 Å². The van der Waals surface area contributed by atoms with Crippen molar-refractivity contribution in [1.29, 1.82) is 0 Å². The van der Waals surface area contributed by atoms with Crippen LogP contribution in [0.2, 0.25) is 0 Å². The molecule has 0 unspecified atom stereocenters. The smallest absolute Gasteiger partial charge is 0.231 e. The first-order valence-corrected chi connectivity index (χ1v) is 7.38. The van der Waals surface area contributed by atoms with Crippen LogP contribution in [0, 0.1) is 0 Å². The van der Waals surface area contributed by atoms with Crippen LogP contribution in [0.3, 0.4) is 0 Å². The van der Waals surface area contributed by atoms with Crippen LogP contribution in [0.15, 0.2) is 0 Å². The van der Waals surface area contributed by atoms with E-state index in [1.165, 1.54) is 19.3 Å². The third kappa shape index (κ3) is 4.19. The highest BCUT2D eigenvalue weighted by atomic mass is 15.3. The van der Waals surface area contributed by atoms with Crippen LogP contribution in [0.1, 0.15) is 26.2 Å². The molecule has 20 heavy (non-hydrogen) atoms. The molecule has 1 fully saturated rings. The molecule has 0 aliphatic carbocycles. The molecule has 0 radical (unpaired) electrons. The van der Waals surface area contributed by atoms with Gasteiger partial charge in [0.05, 0.1) is 0 Å². The van der Waals surface area contributed by atoms with Crippen molar-refractivity contribution in [3.05, 3.63) is 0 Å². The van der Waals surface area contributed by atoms with E-state index in [1.807, 2.05) is 0 Å². The molecule has 112 valence electrons. The predicted octanol–water partition coefficient (Wildman–Crippen LogP) is 0.808. The van der Waals surface area contributed by atoms with E-state index in [0.717, 1.165) is 32.7 Å². The van der Waals surface area contributed by atoms with Crippen molar-refractivity contribution >= 4 is 17.8 Å². The largest absolute Gasteiger partial charge is 0.368 e. The minimum atomic E-state index is 0.284. The van der Waals surface area contributed by atoms with Gasteiger partial charge in [-0.25, -0.2) is 0 Å². The summed E-state index contributed by atoms with van der Waals surface area (Å²) in [7, 11) is 2.09. The van der Waals surface area contributed by atoms with E-state index < -0.39 is 0 Å². The van der Waals surface area contributed by atoms with Crippen LogP contribution >= 0.6 is 0 Å². The highest BCUT2D eigenvalue weighted by Crippen LogP contribution is 2.17. The summed E-state index contributed by atoms with van der Waals surface area (Å²) in [6.07, 6.45) is 3.66. The molecule has 3 N–H and O–H groups in total. The molecule has 0 atom stereocenters. The maximum Gasteiger partial charge on any atom is 0.231 e. The molecule has 7 heteroatoms. The Bertz CT molecular complexity index is 417. The number of nitrogens with two attached hydrogens (primary N) is 1. The Morgan fingerprint density at radius 2 is 1.95 bits per heavy atom. The third-order valence-electron chi connectivity index (χ3n) is 3.60. The summed E-state index contributed by atoms with van der Waals surface area (Å²) in [6.45, 7) is 6.91. The van der Waals surface area contributed by atoms with Crippen molar-refractivity contribution in [3.8, 4) is 0 Å². The SMILES string of the molecule is CCN(C)CCNc1nc(N)nc(N2CCCCC2)n1. The van der Waals surface area contributed by atoms with Crippen molar-refractivity contribution in [3.63, 3.8) is 0 Å². The summed E-state index contributed by atoms with van der Waals surface area (Å²) < 4.78 is 0. The first kappa shape index (κ1) is 14.8. The zero-order valence-corrected chi connectivity index (χ0v) is 12.5. The zero-order chi connectivity index (χ0) is 14.4. The van der Waals surface area contributed by atoms with Crippen LogP contribution in [0.4, 0.5) is 17.8 Å². The van der Waals surface area contributed by atoms with Crippen LogP contribution < -0.4 is 16.0 Å². The number of nitrogens with zero attached hydrogens (tertiary/aromatic N) is 5. The molecule has 1 aliphatic rings. The molecule has 1 saturated heterocycles. The van der Waals surface area contributed by atoms with Crippen molar-refractivity contribution < 1.29 is 0 Å². The molecule has 2 heterocycles. The Balaban J connectivity index is 1.97. The third-order valence-corrected chi connectivity index (χ3v) is 3.60. The Kier molecular flexibility index (Phi) is 5.34. The number of hydrogen-bond donors (Lipinski definition) is 2. The van der Waals surface area contributed by atoms with Gasteiger partial charge in [-0.2, -0.15) is 15.0 Å². The number of anilines is 3. The number of nitrogen functional groups attached to an aromatic ring is 1. The van der Waals surface area contributed by atoms with Crippen LogP contribution in [-0.2, 0) is 0 Å². The lowest BCUT2D eigenvalue weighted by molar-refractivity contribution is 0.367. The Morgan fingerprint density at radius 1 is 1.20 bits per heavy atom. The Morgan fingerprint density at radius 3 is 2.65 bits per heavy atom. The van der Waals surface area contributed by atoms with E-state index in [2.05, 4.69) is 44.0 Å². The monoisotopic (exact) mass is 279 g/mol. The summed E-state index contributed by atoms with van der Waals surface area (Å²) in [5.41, 5.74) is 5.78. The van der Waals surface area contributed by atoms with Crippen molar-refractivity contribution in [2.75, 3.05) is 55.7 Å². The molecule has 7 nitrogen and oxygen atoms in total. The highest BCUT2D eigenvalue weighted by Gasteiger charge is 2.15. The van der Waals surface area contributed by atoms with Crippen molar-refractivity contribution in [2.45, 2.75) is 26.2 Å². The van der Waals surface area contributed by atoms with E-state index in [1.54, 1.807) is 0 Å². The average molecular weight is 279 g/mol. The van der Waals surface area contributed by atoms with Gasteiger partial charge in [-0.15, -0.1) is 0 Å². The van der Waals surface area contributed by atoms with E-state index in [4.69, 9.17) is 5.73 Å². The number of rotatable bonds is 6. The van der Waals surface area contributed by atoms with Gasteiger partial charge >= 0.3 is 0 Å². The summed E-state index contributed by atoms with van der Waals surface area (Å²) in [6, 6.07) is 0. The first-order chi connectivity index (χ1) is 9.69. The molecule has 1 aliphatic heterocycles. The molecule has 0 saturated carbocycles. The van der Waals surface area contributed by atoms with E-state index in [9.17, 15) is 0 Å². The fraction of sp³-hybridized carbons (Fsp3) is 0.769. The van der Waals surface area contributed by atoms with Gasteiger partial charge in [0.25, 0.3) is 0 Å². The van der Waals surface area contributed by atoms with Crippen molar-refractivity contribution in [1.82, 2.24) is 19.9 Å². The fourth-order valence-corrected chi connectivity index (χ4v) is 2.21. The van der Waals surface area contributed by atoms with Gasteiger partial charge in [0.1, 0.15) is 0 Å². The van der Waals surface area contributed by atoms with Crippen LogP contribution in [0.25, 0.3) is 0 Å². The Labute approximate surface area is 120 Å². The minimum absolute atomic E-state index is 0.284. The quantitative estimate of drug-likeness (QED) is 0.797. The summed E-state index contributed by atoms with van der Waals surface area (Å²) >= 11 is 0. The van der Waals surface area contributed by atoms with Gasteiger partial charge in [-0.3, -0.25) is 0 Å². The molecule has 1 aromatic heterocycles. The van der Waals surface area contributed by atoms with Gasteiger partial charge in [0, 0.05) is 26.2 Å². The van der Waals surface area contributed by atoms with Gasteiger partial charge in [0.15, 0.2) is 0 Å². The van der Waals surface area contributed by atoms with Crippen LogP contribution in [0.5, 0.6) is 0 Å². The lowest BCUT2D eigenvalue weighted by Crippen LogP contribution is -2.32. The molecule has 1 aromatic rings. The molecule has 0 aromatic carbocycles. The number of nitrogens with one attached hydrogen (secondary N) is 1. The molecule has 0 amide bonds. The molecular formula is C13H25N7. The van der Waals surface area contributed by atoms with Gasteiger partial charge in [-0.05, 0) is 32.9 Å². The molecule has 0 bridgehead atoms. The molecule has 0 spiro atoms. The second-order valence-corrected chi connectivity index (χ2v) is 5.19. The standard InChI is InChI=1S/C13H25N7/c1-3-19(2)10-7-15-12-16-11(14)17-13(18-12)20-8-5-4-6-9-20/h3-10H2,1-2H3,(H3,14,15,16,17,18). The fourth-order valence-electron chi connectivity index (χ4n) is 2.21. The summed E-state index contributed by atoms with van der Waals surface area (Å²) in [5, 5.41) is 3.22. The minimum Gasteiger partial charge on any atom is -0.368 e. The number of aromatic nitrogens is 3. The number of piperidine rings is 1. The number of likely N-dealkylation sites (N-methyl/N-ethyl adjacent to an activating group) is 1. The second kappa shape index (κ2) is 7.23. The van der Waals surface area contributed by atoms with Gasteiger partial charge < -0.3 is 20.9 Å². The maximum absolute atomic E-state index is 5.78. The van der Waals surface area contributed by atoms with E-state index in [0.29, 0.717) is 11.9 Å². The van der Waals surface area contributed by atoms with Crippen LogP contribution in [-0.4, -0.2) is 59.6 Å².